The largest absolute Gasteiger partial charge is 0.494 e. The monoisotopic (exact) mass is 550 g/mol. The number of benzene rings is 4. The quantitative estimate of drug-likeness (QED) is 0.206. The Morgan fingerprint density at radius 3 is 1.61 bits per heavy atom. The number of halogens is 2. The summed E-state index contributed by atoms with van der Waals surface area (Å²) in [6.45, 7) is 2.47. The number of hydrogen-bond donors (Lipinski definition) is 2. The van der Waals surface area contributed by atoms with E-state index in [1.165, 1.54) is 0 Å². The highest BCUT2D eigenvalue weighted by atomic mass is 35.5. The van der Waals surface area contributed by atoms with Gasteiger partial charge in [-0.25, -0.2) is 0 Å². The van der Waals surface area contributed by atoms with Crippen LogP contribution in [0.15, 0.2) is 97.1 Å². The van der Waals surface area contributed by atoms with Crippen LogP contribution >= 0.6 is 23.2 Å². The van der Waals surface area contributed by atoms with E-state index in [1.54, 1.807) is 97.1 Å². The topological polar surface area (TPSA) is 85.9 Å². The van der Waals surface area contributed by atoms with Crippen molar-refractivity contribution in [3.63, 3.8) is 0 Å². The lowest BCUT2D eigenvalue weighted by Gasteiger charge is -2.20. The molecule has 4 aromatic rings. The molecule has 2 amide bonds. The second-order valence-electron chi connectivity index (χ2n) is 7.95. The van der Waals surface area contributed by atoms with Crippen molar-refractivity contribution < 1.29 is 23.8 Å². The van der Waals surface area contributed by atoms with Gasteiger partial charge in [-0.05, 0) is 104 Å². The minimum absolute atomic E-state index is 0.290. The van der Waals surface area contributed by atoms with E-state index in [0.717, 1.165) is 5.75 Å². The zero-order chi connectivity index (χ0) is 26.9. The third-order valence-corrected chi connectivity index (χ3v) is 5.67. The Hall–Kier alpha value is -4.20. The summed E-state index contributed by atoms with van der Waals surface area (Å²) < 4.78 is 17.0. The molecule has 0 heterocycles. The Labute approximate surface area is 230 Å². The number of ether oxygens (including phenoxy) is 3. The first kappa shape index (κ1) is 26.9. The number of hydrogen-bond acceptors (Lipinski definition) is 5. The zero-order valence-corrected chi connectivity index (χ0v) is 21.8. The smallest absolute Gasteiger partial charge is 0.321 e. The Morgan fingerprint density at radius 1 is 0.658 bits per heavy atom. The van der Waals surface area contributed by atoms with Crippen LogP contribution in [0.4, 0.5) is 11.4 Å². The lowest BCUT2D eigenvalue weighted by molar-refractivity contribution is -0.134. The van der Waals surface area contributed by atoms with Gasteiger partial charge >= 0.3 is 12.2 Å². The summed E-state index contributed by atoms with van der Waals surface area (Å²) in [4.78, 5) is 25.7. The SMILES string of the molecule is CCOc1ccc(NC(=O)c2ccc(NC(=O)C(Oc3ccc(Cl)cc3)Oc3ccc(Cl)cc3)cc2)cc1. The van der Waals surface area contributed by atoms with E-state index in [4.69, 9.17) is 37.4 Å². The van der Waals surface area contributed by atoms with Crippen molar-refractivity contribution in [2.75, 3.05) is 17.2 Å². The zero-order valence-electron chi connectivity index (χ0n) is 20.3. The van der Waals surface area contributed by atoms with E-state index < -0.39 is 12.2 Å². The minimum atomic E-state index is -1.32. The van der Waals surface area contributed by atoms with Gasteiger partial charge in [-0.2, -0.15) is 0 Å². The predicted octanol–water partition coefficient (Wildman–Crippen LogP) is 7.07. The van der Waals surface area contributed by atoms with Crippen LogP contribution in [0.2, 0.25) is 10.0 Å². The lowest BCUT2D eigenvalue weighted by atomic mass is 10.2. The third-order valence-electron chi connectivity index (χ3n) is 5.17. The summed E-state index contributed by atoms with van der Waals surface area (Å²) in [5, 5.41) is 6.64. The maximum absolute atomic E-state index is 13.1. The molecule has 0 saturated carbocycles. The fourth-order valence-corrected chi connectivity index (χ4v) is 3.57. The number of amides is 2. The molecule has 194 valence electrons. The molecule has 0 atom stereocenters. The molecular weight excluding hydrogens is 527 g/mol. The maximum Gasteiger partial charge on any atom is 0.321 e. The molecule has 0 saturated heterocycles. The second-order valence-corrected chi connectivity index (χ2v) is 8.83. The van der Waals surface area contributed by atoms with Crippen LogP contribution in [0.5, 0.6) is 17.2 Å². The summed E-state index contributed by atoms with van der Waals surface area (Å²) in [5.41, 5.74) is 1.51. The van der Waals surface area contributed by atoms with Crippen LogP contribution in [0.25, 0.3) is 0 Å². The Bertz CT molecular complexity index is 1310. The van der Waals surface area contributed by atoms with Gasteiger partial charge < -0.3 is 24.8 Å². The molecule has 38 heavy (non-hydrogen) atoms. The molecular formula is C29H24Cl2N2O5. The number of carbonyl (C=O) groups is 2. The lowest BCUT2D eigenvalue weighted by Crippen LogP contribution is -2.38. The van der Waals surface area contributed by atoms with Gasteiger partial charge in [0.25, 0.3) is 5.91 Å². The molecule has 0 aliphatic heterocycles. The molecule has 0 unspecified atom stereocenters. The van der Waals surface area contributed by atoms with Gasteiger partial charge in [0.05, 0.1) is 6.61 Å². The number of carbonyl (C=O) groups excluding carboxylic acids is 2. The van der Waals surface area contributed by atoms with Crippen molar-refractivity contribution in [3.8, 4) is 17.2 Å². The highest BCUT2D eigenvalue weighted by molar-refractivity contribution is 6.30. The van der Waals surface area contributed by atoms with Crippen LogP contribution in [-0.4, -0.2) is 24.7 Å². The van der Waals surface area contributed by atoms with Gasteiger partial charge in [0, 0.05) is 27.0 Å². The highest BCUT2D eigenvalue weighted by Gasteiger charge is 2.23. The van der Waals surface area contributed by atoms with E-state index in [0.29, 0.717) is 45.1 Å². The van der Waals surface area contributed by atoms with Gasteiger partial charge in [0.2, 0.25) is 0 Å². The first-order valence-corrected chi connectivity index (χ1v) is 12.4. The molecule has 4 aromatic carbocycles. The number of nitrogens with one attached hydrogen (secondary N) is 2. The first-order valence-electron chi connectivity index (χ1n) is 11.7. The summed E-state index contributed by atoms with van der Waals surface area (Å²) in [7, 11) is 0. The average Bonchev–Trinajstić information content (AvgIpc) is 2.92. The molecule has 0 aliphatic rings. The summed E-state index contributed by atoms with van der Waals surface area (Å²) >= 11 is 11.9. The second kappa shape index (κ2) is 12.9. The van der Waals surface area contributed by atoms with Crippen LogP contribution in [0.1, 0.15) is 17.3 Å². The first-order chi connectivity index (χ1) is 18.4. The molecule has 0 bridgehead atoms. The van der Waals surface area contributed by atoms with Crippen molar-refractivity contribution in [1.82, 2.24) is 0 Å². The van der Waals surface area contributed by atoms with Crippen molar-refractivity contribution in [3.05, 3.63) is 113 Å². The summed E-state index contributed by atoms with van der Waals surface area (Å²) in [6.07, 6.45) is -1.32. The predicted molar refractivity (Wildman–Crippen MR) is 149 cm³/mol. The molecule has 9 heteroatoms. The van der Waals surface area contributed by atoms with Gasteiger partial charge in [-0.1, -0.05) is 23.2 Å². The van der Waals surface area contributed by atoms with Crippen molar-refractivity contribution >= 4 is 46.4 Å². The molecule has 4 rings (SSSR count). The Kier molecular flexibility index (Phi) is 9.08. The van der Waals surface area contributed by atoms with E-state index in [-0.39, 0.29) is 5.91 Å². The van der Waals surface area contributed by atoms with Crippen molar-refractivity contribution in [2.45, 2.75) is 13.2 Å². The Balaban J connectivity index is 1.42. The van der Waals surface area contributed by atoms with Crippen LogP contribution in [-0.2, 0) is 4.79 Å². The molecule has 0 fully saturated rings. The van der Waals surface area contributed by atoms with Gasteiger partial charge in [-0.15, -0.1) is 0 Å². The molecule has 7 nitrogen and oxygen atoms in total. The minimum Gasteiger partial charge on any atom is -0.494 e. The maximum atomic E-state index is 13.1. The van der Waals surface area contributed by atoms with E-state index in [1.807, 2.05) is 6.92 Å². The molecule has 0 aromatic heterocycles. The molecule has 0 spiro atoms. The fraction of sp³-hybridized carbons (Fsp3) is 0.103. The van der Waals surface area contributed by atoms with E-state index >= 15 is 0 Å². The van der Waals surface area contributed by atoms with Crippen LogP contribution in [0.3, 0.4) is 0 Å². The van der Waals surface area contributed by atoms with Crippen molar-refractivity contribution in [2.24, 2.45) is 0 Å². The Morgan fingerprint density at radius 2 is 1.11 bits per heavy atom. The molecule has 2 N–H and O–H groups in total. The average molecular weight is 551 g/mol. The summed E-state index contributed by atoms with van der Waals surface area (Å²) in [5.74, 6) is 0.669. The van der Waals surface area contributed by atoms with Crippen molar-refractivity contribution in [1.29, 1.82) is 0 Å². The normalized spacial score (nSPS) is 10.5. The number of anilines is 2. The molecule has 0 aliphatic carbocycles. The third kappa shape index (κ3) is 7.65. The van der Waals surface area contributed by atoms with E-state index in [9.17, 15) is 9.59 Å². The highest BCUT2D eigenvalue weighted by Crippen LogP contribution is 2.22. The summed E-state index contributed by atoms with van der Waals surface area (Å²) in [6, 6.07) is 26.6. The fourth-order valence-electron chi connectivity index (χ4n) is 3.32. The van der Waals surface area contributed by atoms with Gasteiger partial charge in [0.15, 0.2) is 0 Å². The van der Waals surface area contributed by atoms with Crippen LogP contribution < -0.4 is 24.8 Å². The number of rotatable bonds is 10. The standard InChI is InChI=1S/C29H24Cl2N2O5/c1-2-36-24-17-11-23(12-18-24)32-27(34)19-3-9-22(10-4-19)33-28(35)29(37-25-13-5-20(30)6-14-25)38-26-15-7-21(31)8-16-26/h3-18,29H,2H2,1H3,(H,32,34)(H,33,35). The molecule has 0 radical (unpaired) electrons. The van der Waals surface area contributed by atoms with Gasteiger partial charge in [-0.3, -0.25) is 9.59 Å². The van der Waals surface area contributed by atoms with Gasteiger partial charge in [0.1, 0.15) is 17.2 Å². The van der Waals surface area contributed by atoms with E-state index in [2.05, 4.69) is 10.6 Å². The van der Waals surface area contributed by atoms with Crippen LogP contribution in [0, 0.1) is 0 Å².